The van der Waals surface area contributed by atoms with Gasteiger partial charge in [-0.3, -0.25) is 0 Å². The van der Waals surface area contributed by atoms with E-state index in [1.165, 1.54) is 35.7 Å². The summed E-state index contributed by atoms with van der Waals surface area (Å²) in [5, 5.41) is 4.96. The summed E-state index contributed by atoms with van der Waals surface area (Å²) in [5.41, 5.74) is 2.57. The molecule has 18 heavy (non-hydrogen) atoms. The van der Waals surface area contributed by atoms with Crippen molar-refractivity contribution in [2.75, 3.05) is 7.11 Å². The van der Waals surface area contributed by atoms with Crippen LogP contribution < -0.4 is 5.32 Å². The highest BCUT2D eigenvalue weighted by Gasteiger charge is 2.26. The SMILES string of the molecule is COC1CCCC1NCc1cccc2[nH]ccc12. The van der Waals surface area contributed by atoms with Gasteiger partial charge in [0, 0.05) is 36.8 Å². The Labute approximate surface area is 108 Å². The van der Waals surface area contributed by atoms with Gasteiger partial charge in [-0.25, -0.2) is 0 Å². The molecule has 0 bridgehead atoms. The standard InChI is InChI=1S/C15H20N2O/c1-18-15-7-3-6-14(15)17-10-11-4-2-5-13-12(11)8-9-16-13/h2,4-5,8-9,14-17H,3,6-7,10H2,1H3. The van der Waals surface area contributed by atoms with E-state index in [0.717, 1.165) is 6.54 Å². The van der Waals surface area contributed by atoms with E-state index in [-0.39, 0.29) is 0 Å². The first-order chi connectivity index (χ1) is 8.88. The molecule has 1 fully saturated rings. The summed E-state index contributed by atoms with van der Waals surface area (Å²) >= 11 is 0. The topological polar surface area (TPSA) is 37.0 Å². The quantitative estimate of drug-likeness (QED) is 0.867. The molecule has 3 heteroatoms. The second-order valence-corrected chi connectivity index (χ2v) is 5.05. The highest BCUT2D eigenvalue weighted by atomic mass is 16.5. The second kappa shape index (κ2) is 5.12. The molecule has 1 aromatic carbocycles. The highest BCUT2D eigenvalue weighted by molar-refractivity contribution is 5.82. The molecule has 0 aliphatic heterocycles. The zero-order valence-corrected chi connectivity index (χ0v) is 10.8. The third-order valence-electron chi connectivity index (χ3n) is 4.00. The van der Waals surface area contributed by atoms with Gasteiger partial charge < -0.3 is 15.0 Å². The largest absolute Gasteiger partial charge is 0.380 e. The van der Waals surface area contributed by atoms with Crippen LogP contribution in [0.3, 0.4) is 0 Å². The Morgan fingerprint density at radius 3 is 3.17 bits per heavy atom. The van der Waals surface area contributed by atoms with Gasteiger partial charge in [0.2, 0.25) is 0 Å². The van der Waals surface area contributed by atoms with Crippen LogP contribution in [0.5, 0.6) is 0 Å². The summed E-state index contributed by atoms with van der Waals surface area (Å²) in [6.45, 7) is 0.916. The first-order valence-corrected chi connectivity index (χ1v) is 6.69. The maximum atomic E-state index is 5.52. The van der Waals surface area contributed by atoms with Crippen molar-refractivity contribution in [1.29, 1.82) is 0 Å². The van der Waals surface area contributed by atoms with Crippen LogP contribution >= 0.6 is 0 Å². The lowest BCUT2D eigenvalue weighted by Crippen LogP contribution is -2.36. The van der Waals surface area contributed by atoms with Crippen LogP contribution in [0.4, 0.5) is 0 Å². The lowest BCUT2D eigenvalue weighted by molar-refractivity contribution is 0.0847. The Kier molecular flexibility index (Phi) is 3.35. The summed E-state index contributed by atoms with van der Waals surface area (Å²) < 4.78 is 5.52. The van der Waals surface area contributed by atoms with Gasteiger partial charge in [-0.15, -0.1) is 0 Å². The van der Waals surface area contributed by atoms with Gasteiger partial charge in [0.05, 0.1) is 6.10 Å². The van der Waals surface area contributed by atoms with Crippen LogP contribution in [0, 0.1) is 0 Å². The van der Waals surface area contributed by atoms with Gasteiger partial charge in [0.25, 0.3) is 0 Å². The number of H-pyrrole nitrogens is 1. The number of aromatic amines is 1. The number of benzene rings is 1. The molecule has 0 spiro atoms. The Morgan fingerprint density at radius 1 is 1.33 bits per heavy atom. The van der Waals surface area contributed by atoms with E-state index in [2.05, 4.69) is 34.6 Å². The van der Waals surface area contributed by atoms with E-state index in [1.54, 1.807) is 0 Å². The van der Waals surface area contributed by atoms with E-state index < -0.39 is 0 Å². The average molecular weight is 244 g/mol. The van der Waals surface area contributed by atoms with Gasteiger partial charge in [-0.2, -0.15) is 0 Å². The smallest absolute Gasteiger partial charge is 0.0724 e. The number of nitrogens with one attached hydrogen (secondary N) is 2. The monoisotopic (exact) mass is 244 g/mol. The van der Waals surface area contributed by atoms with Crippen molar-refractivity contribution in [3.63, 3.8) is 0 Å². The van der Waals surface area contributed by atoms with Crippen LogP contribution in [-0.4, -0.2) is 24.2 Å². The summed E-state index contributed by atoms with van der Waals surface area (Å²) in [6, 6.07) is 9.07. The van der Waals surface area contributed by atoms with Crippen molar-refractivity contribution in [2.45, 2.75) is 38.0 Å². The summed E-state index contributed by atoms with van der Waals surface area (Å²) in [4.78, 5) is 3.26. The van der Waals surface area contributed by atoms with E-state index >= 15 is 0 Å². The summed E-state index contributed by atoms with van der Waals surface area (Å²) in [6.07, 6.45) is 6.06. The van der Waals surface area contributed by atoms with Crippen molar-refractivity contribution >= 4 is 10.9 Å². The molecule has 1 aliphatic carbocycles. The molecule has 3 nitrogen and oxygen atoms in total. The molecule has 0 saturated heterocycles. The zero-order valence-electron chi connectivity index (χ0n) is 10.8. The summed E-state index contributed by atoms with van der Waals surface area (Å²) in [5.74, 6) is 0. The molecule has 3 rings (SSSR count). The third-order valence-corrected chi connectivity index (χ3v) is 4.00. The number of fused-ring (bicyclic) bond motifs is 1. The maximum Gasteiger partial charge on any atom is 0.0724 e. The van der Waals surface area contributed by atoms with E-state index in [4.69, 9.17) is 4.74 Å². The fourth-order valence-corrected chi connectivity index (χ4v) is 2.99. The van der Waals surface area contributed by atoms with Crippen LogP contribution in [0.1, 0.15) is 24.8 Å². The fraction of sp³-hybridized carbons (Fsp3) is 0.467. The molecule has 1 heterocycles. The first kappa shape index (κ1) is 11.8. The molecule has 0 radical (unpaired) electrons. The lowest BCUT2D eigenvalue weighted by Gasteiger charge is -2.19. The third kappa shape index (κ3) is 2.16. The lowest BCUT2D eigenvalue weighted by atomic mass is 10.1. The van der Waals surface area contributed by atoms with E-state index in [9.17, 15) is 0 Å². The predicted octanol–water partition coefficient (Wildman–Crippen LogP) is 2.83. The second-order valence-electron chi connectivity index (χ2n) is 5.05. The Morgan fingerprint density at radius 2 is 2.28 bits per heavy atom. The van der Waals surface area contributed by atoms with Crippen molar-refractivity contribution in [3.8, 4) is 0 Å². The van der Waals surface area contributed by atoms with Gasteiger partial charge >= 0.3 is 0 Å². The molecule has 1 saturated carbocycles. The molecular weight excluding hydrogens is 224 g/mol. The van der Waals surface area contributed by atoms with Crippen molar-refractivity contribution < 1.29 is 4.74 Å². The number of rotatable bonds is 4. The van der Waals surface area contributed by atoms with Crippen LogP contribution in [-0.2, 0) is 11.3 Å². The van der Waals surface area contributed by atoms with Crippen molar-refractivity contribution in [2.24, 2.45) is 0 Å². The minimum atomic E-state index is 0.385. The summed E-state index contributed by atoms with van der Waals surface area (Å²) in [7, 11) is 1.82. The highest BCUT2D eigenvalue weighted by Crippen LogP contribution is 2.23. The molecule has 2 aromatic rings. The number of ether oxygens (including phenoxy) is 1. The maximum absolute atomic E-state index is 5.52. The minimum absolute atomic E-state index is 0.385. The number of hydrogen-bond acceptors (Lipinski definition) is 2. The Balaban J connectivity index is 1.71. The minimum Gasteiger partial charge on any atom is -0.380 e. The molecule has 2 unspecified atom stereocenters. The van der Waals surface area contributed by atoms with Crippen LogP contribution in [0.2, 0.25) is 0 Å². The van der Waals surface area contributed by atoms with E-state index in [1.807, 2.05) is 13.3 Å². The van der Waals surface area contributed by atoms with Crippen LogP contribution in [0.25, 0.3) is 10.9 Å². The fourth-order valence-electron chi connectivity index (χ4n) is 2.99. The molecule has 2 atom stereocenters. The first-order valence-electron chi connectivity index (χ1n) is 6.69. The molecule has 96 valence electrons. The molecular formula is C15H20N2O. The van der Waals surface area contributed by atoms with Gasteiger partial charge in [0.1, 0.15) is 0 Å². The number of methoxy groups -OCH3 is 1. The molecule has 1 aromatic heterocycles. The van der Waals surface area contributed by atoms with E-state index in [0.29, 0.717) is 12.1 Å². The number of aromatic nitrogens is 1. The average Bonchev–Trinajstić information content (AvgIpc) is 3.04. The molecule has 1 aliphatic rings. The van der Waals surface area contributed by atoms with Crippen molar-refractivity contribution in [1.82, 2.24) is 10.3 Å². The molecule has 2 N–H and O–H groups in total. The Hall–Kier alpha value is -1.32. The van der Waals surface area contributed by atoms with Gasteiger partial charge in [-0.05, 0) is 37.0 Å². The molecule has 0 amide bonds. The zero-order chi connectivity index (χ0) is 12.4. The Bertz CT molecular complexity index is 520. The predicted molar refractivity (Wildman–Crippen MR) is 73.6 cm³/mol. The normalized spacial score (nSPS) is 23.8. The van der Waals surface area contributed by atoms with Crippen LogP contribution in [0.15, 0.2) is 30.5 Å². The van der Waals surface area contributed by atoms with Crippen molar-refractivity contribution in [3.05, 3.63) is 36.0 Å². The number of hydrogen-bond donors (Lipinski definition) is 2. The van der Waals surface area contributed by atoms with Gasteiger partial charge in [0.15, 0.2) is 0 Å². The van der Waals surface area contributed by atoms with Gasteiger partial charge in [-0.1, -0.05) is 12.1 Å².